The normalized spacial score (nSPS) is 13.5. The molecule has 1 aliphatic carbocycles. The number of pyridine rings is 2. The molecule has 0 unspecified atom stereocenters. The fourth-order valence-electron chi connectivity index (χ4n) is 3.15. The van der Waals surface area contributed by atoms with Crippen molar-refractivity contribution in [1.29, 1.82) is 0 Å². The van der Waals surface area contributed by atoms with Crippen LogP contribution in [0.4, 0.5) is 0 Å². The van der Waals surface area contributed by atoms with Gasteiger partial charge in [-0.25, -0.2) is 9.97 Å². The van der Waals surface area contributed by atoms with Crippen LogP contribution in [0.3, 0.4) is 0 Å². The van der Waals surface area contributed by atoms with Crippen molar-refractivity contribution in [1.82, 2.24) is 15.0 Å². The molecule has 0 atom stereocenters. The number of thiazole rings is 1. The molecular weight excluding hydrogens is 318 g/mol. The molecule has 122 valence electrons. The standard InChI is InChI=1S/C19H19N3OS/c1-13-21-15(12-24-13)11-23-19-9-17(14-5-4-8-20-10-14)16-6-2-3-7-18(16)22-19/h4-5,8-10,12H,2-3,6-7,11H2,1H3. The number of aryl methyl sites for hydroxylation is 2. The molecule has 0 aliphatic heterocycles. The van der Waals surface area contributed by atoms with Crippen LogP contribution in [-0.2, 0) is 19.4 Å². The van der Waals surface area contributed by atoms with Crippen LogP contribution in [0.5, 0.6) is 5.88 Å². The third-order valence-electron chi connectivity index (χ3n) is 4.28. The van der Waals surface area contributed by atoms with Gasteiger partial charge in [-0.05, 0) is 49.8 Å². The van der Waals surface area contributed by atoms with E-state index in [2.05, 4.69) is 22.1 Å². The average molecular weight is 337 g/mol. The Kier molecular flexibility index (Phi) is 4.26. The van der Waals surface area contributed by atoms with Crippen molar-refractivity contribution in [2.45, 2.75) is 39.2 Å². The Bertz CT molecular complexity index is 845. The summed E-state index contributed by atoms with van der Waals surface area (Å²) < 4.78 is 5.95. The van der Waals surface area contributed by atoms with Gasteiger partial charge in [-0.3, -0.25) is 4.98 Å². The van der Waals surface area contributed by atoms with Crippen molar-refractivity contribution >= 4 is 11.3 Å². The van der Waals surface area contributed by atoms with Gasteiger partial charge in [-0.2, -0.15) is 0 Å². The molecule has 0 amide bonds. The number of ether oxygens (including phenoxy) is 1. The minimum atomic E-state index is 0.461. The summed E-state index contributed by atoms with van der Waals surface area (Å²) in [6.07, 6.45) is 8.24. The highest BCUT2D eigenvalue weighted by molar-refractivity contribution is 7.09. The third-order valence-corrected chi connectivity index (χ3v) is 5.11. The summed E-state index contributed by atoms with van der Waals surface area (Å²) in [4.78, 5) is 13.5. The number of fused-ring (bicyclic) bond motifs is 1. The lowest BCUT2D eigenvalue weighted by Crippen LogP contribution is -2.09. The molecule has 4 rings (SSSR count). The Labute approximate surface area is 145 Å². The molecule has 0 radical (unpaired) electrons. The summed E-state index contributed by atoms with van der Waals surface area (Å²) >= 11 is 1.64. The summed E-state index contributed by atoms with van der Waals surface area (Å²) in [6.45, 7) is 2.47. The Balaban J connectivity index is 1.67. The minimum absolute atomic E-state index is 0.461. The summed E-state index contributed by atoms with van der Waals surface area (Å²) in [5.74, 6) is 0.681. The molecular formula is C19H19N3OS. The van der Waals surface area contributed by atoms with Crippen molar-refractivity contribution in [3.8, 4) is 17.0 Å². The van der Waals surface area contributed by atoms with Gasteiger partial charge in [0.1, 0.15) is 6.61 Å². The van der Waals surface area contributed by atoms with Gasteiger partial charge in [0, 0.05) is 35.1 Å². The highest BCUT2D eigenvalue weighted by atomic mass is 32.1. The lowest BCUT2D eigenvalue weighted by atomic mass is 9.90. The van der Waals surface area contributed by atoms with Gasteiger partial charge in [0.25, 0.3) is 0 Å². The van der Waals surface area contributed by atoms with Crippen LogP contribution in [0.2, 0.25) is 0 Å². The number of nitrogens with zero attached hydrogens (tertiary/aromatic N) is 3. The Morgan fingerprint density at radius 2 is 2.12 bits per heavy atom. The van der Waals surface area contributed by atoms with Gasteiger partial charge >= 0.3 is 0 Å². The average Bonchev–Trinajstić information content (AvgIpc) is 3.05. The van der Waals surface area contributed by atoms with Gasteiger partial charge in [-0.15, -0.1) is 11.3 Å². The fourth-order valence-corrected chi connectivity index (χ4v) is 3.75. The molecule has 3 aromatic heterocycles. The Morgan fingerprint density at radius 3 is 2.92 bits per heavy atom. The number of rotatable bonds is 4. The van der Waals surface area contributed by atoms with E-state index in [1.807, 2.05) is 24.6 Å². The van der Waals surface area contributed by atoms with E-state index in [0.29, 0.717) is 12.5 Å². The molecule has 0 aromatic carbocycles. The third kappa shape index (κ3) is 3.17. The van der Waals surface area contributed by atoms with Crippen LogP contribution in [0.1, 0.15) is 34.8 Å². The first kappa shape index (κ1) is 15.3. The first-order valence-corrected chi connectivity index (χ1v) is 9.14. The zero-order chi connectivity index (χ0) is 16.4. The zero-order valence-corrected chi connectivity index (χ0v) is 14.5. The molecule has 4 nitrogen and oxygen atoms in total. The lowest BCUT2D eigenvalue weighted by molar-refractivity contribution is 0.288. The Morgan fingerprint density at radius 1 is 1.21 bits per heavy atom. The molecule has 0 saturated heterocycles. The van der Waals surface area contributed by atoms with E-state index >= 15 is 0 Å². The first-order chi connectivity index (χ1) is 11.8. The van der Waals surface area contributed by atoms with E-state index in [-0.39, 0.29) is 0 Å². The molecule has 3 aromatic rings. The van der Waals surface area contributed by atoms with Crippen LogP contribution >= 0.6 is 11.3 Å². The zero-order valence-electron chi connectivity index (χ0n) is 13.7. The molecule has 0 fully saturated rings. The fraction of sp³-hybridized carbons (Fsp3) is 0.316. The molecule has 0 spiro atoms. The monoisotopic (exact) mass is 337 g/mol. The maximum Gasteiger partial charge on any atom is 0.214 e. The van der Waals surface area contributed by atoms with E-state index in [0.717, 1.165) is 29.1 Å². The summed E-state index contributed by atoms with van der Waals surface area (Å²) in [7, 11) is 0. The van der Waals surface area contributed by atoms with Gasteiger partial charge in [0.15, 0.2) is 0 Å². The second-order valence-electron chi connectivity index (χ2n) is 6.03. The van der Waals surface area contributed by atoms with Crippen molar-refractivity contribution in [3.63, 3.8) is 0 Å². The largest absolute Gasteiger partial charge is 0.471 e. The summed E-state index contributed by atoms with van der Waals surface area (Å²) in [5.41, 5.74) is 5.82. The Hall–Kier alpha value is -2.27. The van der Waals surface area contributed by atoms with E-state index in [4.69, 9.17) is 9.72 Å². The molecule has 0 N–H and O–H groups in total. The predicted molar refractivity (Wildman–Crippen MR) is 95.3 cm³/mol. The van der Waals surface area contributed by atoms with Crippen LogP contribution in [0, 0.1) is 6.92 Å². The maximum atomic E-state index is 5.95. The number of hydrogen-bond acceptors (Lipinski definition) is 5. The molecule has 0 bridgehead atoms. The van der Waals surface area contributed by atoms with Crippen LogP contribution in [0.15, 0.2) is 36.0 Å². The summed E-state index contributed by atoms with van der Waals surface area (Å²) in [6, 6.07) is 6.13. The van der Waals surface area contributed by atoms with Gasteiger partial charge in [0.05, 0.1) is 10.7 Å². The second-order valence-corrected chi connectivity index (χ2v) is 7.09. The van der Waals surface area contributed by atoms with Gasteiger partial charge in [0.2, 0.25) is 5.88 Å². The smallest absolute Gasteiger partial charge is 0.214 e. The second kappa shape index (κ2) is 6.69. The van der Waals surface area contributed by atoms with Gasteiger partial charge < -0.3 is 4.74 Å². The summed E-state index contributed by atoms with van der Waals surface area (Å²) in [5, 5.41) is 3.10. The quantitative estimate of drug-likeness (QED) is 0.709. The van der Waals surface area contributed by atoms with Gasteiger partial charge in [-0.1, -0.05) is 6.07 Å². The van der Waals surface area contributed by atoms with E-state index in [1.165, 1.54) is 29.7 Å². The molecule has 0 saturated carbocycles. The van der Waals surface area contributed by atoms with Crippen LogP contribution in [0.25, 0.3) is 11.1 Å². The SMILES string of the molecule is Cc1nc(COc2cc(-c3cccnc3)c3c(n2)CCCC3)cs1. The highest BCUT2D eigenvalue weighted by Gasteiger charge is 2.18. The van der Waals surface area contributed by atoms with E-state index < -0.39 is 0 Å². The molecule has 3 heterocycles. The van der Waals surface area contributed by atoms with Crippen LogP contribution in [-0.4, -0.2) is 15.0 Å². The molecule has 5 heteroatoms. The number of aromatic nitrogens is 3. The minimum Gasteiger partial charge on any atom is -0.471 e. The maximum absolute atomic E-state index is 5.95. The van der Waals surface area contributed by atoms with Crippen molar-refractivity contribution < 1.29 is 4.74 Å². The van der Waals surface area contributed by atoms with E-state index in [9.17, 15) is 0 Å². The topological polar surface area (TPSA) is 47.9 Å². The van der Waals surface area contributed by atoms with Crippen molar-refractivity contribution in [2.75, 3.05) is 0 Å². The first-order valence-electron chi connectivity index (χ1n) is 8.26. The lowest BCUT2D eigenvalue weighted by Gasteiger charge is -2.20. The predicted octanol–water partition coefficient (Wildman–Crippen LogP) is 4.37. The van der Waals surface area contributed by atoms with Crippen molar-refractivity contribution in [2.24, 2.45) is 0 Å². The molecule has 24 heavy (non-hydrogen) atoms. The van der Waals surface area contributed by atoms with Crippen LogP contribution < -0.4 is 4.74 Å². The number of hydrogen-bond donors (Lipinski definition) is 0. The van der Waals surface area contributed by atoms with Crippen molar-refractivity contribution in [3.05, 3.63) is 57.9 Å². The van der Waals surface area contributed by atoms with E-state index in [1.54, 1.807) is 17.5 Å². The highest BCUT2D eigenvalue weighted by Crippen LogP contribution is 2.33. The molecule has 1 aliphatic rings.